The Morgan fingerprint density at radius 3 is 2.79 bits per heavy atom. The average Bonchev–Trinajstić information content (AvgIpc) is 2.95. The lowest BCUT2D eigenvalue weighted by Gasteiger charge is -2.15. The first kappa shape index (κ1) is 13.8. The third kappa shape index (κ3) is 2.70. The molecule has 2 heterocycles. The largest absolute Gasteiger partial charge is 0.286 e. The van der Waals surface area contributed by atoms with Crippen LogP contribution in [-0.2, 0) is 12.0 Å². The lowest BCUT2D eigenvalue weighted by molar-refractivity contribution is 0.103. The van der Waals surface area contributed by atoms with Crippen LogP contribution in [0.5, 0.6) is 0 Å². The van der Waals surface area contributed by atoms with Crippen molar-refractivity contribution in [2.24, 2.45) is 0 Å². The highest BCUT2D eigenvalue weighted by Gasteiger charge is 2.28. The van der Waals surface area contributed by atoms with Crippen LogP contribution >= 0.6 is 11.5 Å². The fraction of sp³-hybridized carbons (Fsp3) is 0.583. The zero-order valence-corrected chi connectivity index (χ0v) is 12.4. The number of carbonyl (C=O) groups is 1. The van der Waals surface area contributed by atoms with E-state index in [0.717, 1.165) is 23.6 Å². The first-order valence-electron chi connectivity index (χ1n) is 6.21. The molecule has 0 saturated carbocycles. The minimum Gasteiger partial charge on any atom is -0.286 e. The van der Waals surface area contributed by atoms with Gasteiger partial charge >= 0.3 is 0 Å². The number of carbonyl (C=O) groups excluding carboxylic acids is 1. The van der Waals surface area contributed by atoms with Crippen molar-refractivity contribution < 1.29 is 4.79 Å². The summed E-state index contributed by atoms with van der Waals surface area (Å²) >= 11 is 1.13. The first-order chi connectivity index (χ1) is 8.95. The summed E-state index contributed by atoms with van der Waals surface area (Å²) in [4.78, 5) is 13.1. The molecular formula is C12H17N5OS. The number of hydrogen-bond donors (Lipinski definition) is 0. The third-order valence-corrected chi connectivity index (χ3v) is 3.42. The summed E-state index contributed by atoms with van der Waals surface area (Å²) in [6, 6.07) is 0. The third-order valence-electron chi connectivity index (χ3n) is 2.69. The fourth-order valence-corrected chi connectivity index (χ4v) is 2.58. The molecule has 0 bridgehead atoms. The van der Waals surface area contributed by atoms with E-state index in [1.54, 1.807) is 4.68 Å². The highest BCUT2D eigenvalue weighted by Crippen LogP contribution is 2.27. The van der Waals surface area contributed by atoms with Crippen LogP contribution in [-0.4, -0.2) is 30.4 Å². The van der Waals surface area contributed by atoms with E-state index in [1.807, 2.05) is 27.7 Å². The van der Waals surface area contributed by atoms with Gasteiger partial charge in [-0.1, -0.05) is 37.4 Å². The van der Waals surface area contributed by atoms with Crippen LogP contribution in [0.15, 0.2) is 6.20 Å². The van der Waals surface area contributed by atoms with Crippen LogP contribution in [0.1, 0.15) is 55.2 Å². The molecule has 0 N–H and O–H groups in total. The maximum Gasteiger partial charge on any atom is 0.226 e. The summed E-state index contributed by atoms with van der Waals surface area (Å²) in [5.41, 5.74) is 1.02. The molecule has 0 atom stereocenters. The van der Waals surface area contributed by atoms with E-state index in [1.165, 1.54) is 6.20 Å². The quantitative estimate of drug-likeness (QED) is 0.801. The molecule has 0 aliphatic rings. The monoisotopic (exact) mass is 279 g/mol. The zero-order valence-electron chi connectivity index (χ0n) is 11.5. The summed E-state index contributed by atoms with van der Waals surface area (Å²) in [5.74, 6) is -0.0987. The number of hydrogen-bond acceptors (Lipinski definition) is 6. The Balaban J connectivity index is 2.40. The van der Waals surface area contributed by atoms with Gasteiger partial charge in [-0.25, -0.2) is 4.68 Å². The van der Waals surface area contributed by atoms with E-state index in [9.17, 15) is 4.79 Å². The topological polar surface area (TPSA) is 73.6 Å². The molecular weight excluding hydrogens is 262 g/mol. The molecule has 2 aromatic rings. The van der Waals surface area contributed by atoms with Gasteiger partial charge in [-0.2, -0.15) is 0 Å². The van der Waals surface area contributed by atoms with Crippen LogP contribution in [0.25, 0.3) is 0 Å². The molecule has 0 aromatic carbocycles. The van der Waals surface area contributed by atoms with Crippen molar-refractivity contribution in [2.75, 3.05) is 0 Å². The van der Waals surface area contributed by atoms with Gasteiger partial charge in [0.05, 0.1) is 11.9 Å². The number of aryl methyl sites for hydroxylation is 1. The second-order valence-corrected chi connectivity index (χ2v) is 6.13. The van der Waals surface area contributed by atoms with E-state index >= 15 is 0 Å². The Morgan fingerprint density at radius 1 is 1.42 bits per heavy atom. The van der Waals surface area contributed by atoms with E-state index < -0.39 is 0 Å². The molecule has 0 radical (unpaired) electrons. The van der Waals surface area contributed by atoms with Crippen molar-refractivity contribution >= 4 is 17.3 Å². The SMILES string of the molecule is CCCn1nncc1C(=O)c1snnc1C(C)(C)C. The van der Waals surface area contributed by atoms with Gasteiger partial charge < -0.3 is 0 Å². The predicted molar refractivity (Wildman–Crippen MR) is 72.4 cm³/mol. The fourth-order valence-electron chi connectivity index (χ4n) is 1.76. The molecule has 7 heteroatoms. The van der Waals surface area contributed by atoms with Crippen molar-refractivity contribution in [3.63, 3.8) is 0 Å². The minimum atomic E-state index is -0.207. The van der Waals surface area contributed by atoms with Crippen molar-refractivity contribution in [1.29, 1.82) is 0 Å². The van der Waals surface area contributed by atoms with Gasteiger partial charge in [-0.3, -0.25) is 4.79 Å². The molecule has 0 unspecified atom stereocenters. The van der Waals surface area contributed by atoms with Gasteiger partial charge in [0.15, 0.2) is 0 Å². The highest BCUT2D eigenvalue weighted by molar-refractivity contribution is 7.08. The Kier molecular flexibility index (Phi) is 3.75. The van der Waals surface area contributed by atoms with Crippen molar-refractivity contribution in [3.05, 3.63) is 22.5 Å². The van der Waals surface area contributed by atoms with Crippen LogP contribution in [0.4, 0.5) is 0 Å². The number of rotatable bonds is 4. The van der Waals surface area contributed by atoms with E-state index in [0.29, 0.717) is 17.1 Å². The molecule has 0 spiro atoms. The van der Waals surface area contributed by atoms with E-state index in [-0.39, 0.29) is 11.2 Å². The standard InChI is InChI=1S/C12H17N5OS/c1-5-6-17-8(7-13-15-17)9(18)10-11(12(2,3)4)14-16-19-10/h7H,5-6H2,1-4H3. The second-order valence-electron chi connectivity index (χ2n) is 5.37. The molecule has 19 heavy (non-hydrogen) atoms. The van der Waals surface area contributed by atoms with Gasteiger partial charge in [0.1, 0.15) is 10.6 Å². The Bertz CT molecular complexity index is 581. The summed E-state index contributed by atoms with van der Waals surface area (Å²) in [6.45, 7) is 8.76. The van der Waals surface area contributed by atoms with Crippen LogP contribution in [0, 0.1) is 0 Å². The molecule has 0 saturated heterocycles. The van der Waals surface area contributed by atoms with E-state index in [4.69, 9.17) is 0 Å². The van der Waals surface area contributed by atoms with Crippen molar-refractivity contribution in [3.8, 4) is 0 Å². The van der Waals surface area contributed by atoms with Gasteiger partial charge in [-0.05, 0) is 18.0 Å². The predicted octanol–water partition coefficient (Wildman–Crippen LogP) is 2.07. The van der Waals surface area contributed by atoms with Gasteiger partial charge in [-0.15, -0.1) is 10.2 Å². The number of aromatic nitrogens is 5. The molecule has 0 aliphatic carbocycles. The van der Waals surface area contributed by atoms with Crippen molar-refractivity contribution in [2.45, 2.75) is 46.1 Å². The van der Waals surface area contributed by atoms with Crippen LogP contribution in [0.2, 0.25) is 0 Å². The Hall–Kier alpha value is -1.63. The highest BCUT2D eigenvalue weighted by atomic mass is 32.1. The smallest absolute Gasteiger partial charge is 0.226 e. The van der Waals surface area contributed by atoms with Crippen LogP contribution < -0.4 is 0 Å². The lowest BCUT2D eigenvalue weighted by atomic mass is 9.90. The second kappa shape index (κ2) is 5.16. The molecule has 2 rings (SSSR count). The maximum atomic E-state index is 12.6. The molecule has 0 fully saturated rings. The molecule has 0 amide bonds. The van der Waals surface area contributed by atoms with Gasteiger partial charge in [0.2, 0.25) is 5.78 Å². The van der Waals surface area contributed by atoms with Crippen LogP contribution in [0.3, 0.4) is 0 Å². The lowest BCUT2D eigenvalue weighted by Crippen LogP contribution is -2.18. The number of ketones is 1. The zero-order chi connectivity index (χ0) is 14.0. The molecule has 6 nitrogen and oxygen atoms in total. The van der Waals surface area contributed by atoms with Crippen molar-refractivity contribution in [1.82, 2.24) is 24.6 Å². The molecule has 102 valence electrons. The minimum absolute atomic E-state index is 0.0987. The van der Waals surface area contributed by atoms with Gasteiger partial charge in [0, 0.05) is 12.0 Å². The normalized spacial score (nSPS) is 11.8. The average molecular weight is 279 g/mol. The molecule has 0 aliphatic heterocycles. The number of nitrogens with zero attached hydrogens (tertiary/aromatic N) is 5. The summed E-state index contributed by atoms with van der Waals surface area (Å²) in [6.07, 6.45) is 2.40. The van der Waals surface area contributed by atoms with E-state index in [2.05, 4.69) is 19.9 Å². The Morgan fingerprint density at radius 2 is 2.16 bits per heavy atom. The summed E-state index contributed by atoms with van der Waals surface area (Å²) < 4.78 is 5.55. The molecule has 2 aromatic heterocycles. The Labute approximate surface area is 116 Å². The maximum absolute atomic E-state index is 12.6. The summed E-state index contributed by atoms with van der Waals surface area (Å²) in [5, 5.41) is 11.8. The summed E-state index contributed by atoms with van der Waals surface area (Å²) in [7, 11) is 0. The van der Waals surface area contributed by atoms with Gasteiger partial charge in [0.25, 0.3) is 0 Å². The first-order valence-corrected chi connectivity index (χ1v) is 6.98.